The summed E-state index contributed by atoms with van der Waals surface area (Å²) in [6, 6.07) is 11.4. The number of hydrogen-bond acceptors (Lipinski definition) is 3. The molecule has 1 aliphatic carbocycles. The van der Waals surface area contributed by atoms with Crippen molar-refractivity contribution in [2.75, 3.05) is 6.54 Å². The standard InChI is InChI=1S/C20H24N2O2/c23-19(17-10-12-21-13-11-17)14-22-20(24)18-8-6-16(7-9-18)15-4-2-1-3-5-15/h6-13,15,19,23H,1-5,14H2,(H,22,24)/t19-/m0/s1. The van der Waals surface area contributed by atoms with E-state index >= 15 is 0 Å². The molecular formula is C20H24N2O2. The third kappa shape index (κ3) is 4.20. The van der Waals surface area contributed by atoms with E-state index in [0.29, 0.717) is 11.5 Å². The molecule has 4 nitrogen and oxygen atoms in total. The topological polar surface area (TPSA) is 62.2 Å². The lowest BCUT2D eigenvalue weighted by atomic mass is 9.84. The van der Waals surface area contributed by atoms with Crippen molar-refractivity contribution in [1.29, 1.82) is 0 Å². The molecule has 0 aliphatic heterocycles. The van der Waals surface area contributed by atoms with Gasteiger partial charge in [0.1, 0.15) is 0 Å². The van der Waals surface area contributed by atoms with Crippen LogP contribution < -0.4 is 5.32 Å². The van der Waals surface area contributed by atoms with Crippen LogP contribution in [-0.4, -0.2) is 22.5 Å². The Balaban J connectivity index is 1.55. The van der Waals surface area contributed by atoms with E-state index in [9.17, 15) is 9.90 Å². The number of hydrogen-bond donors (Lipinski definition) is 2. The molecule has 3 rings (SSSR count). The van der Waals surface area contributed by atoms with E-state index in [2.05, 4.69) is 22.4 Å². The third-order valence-electron chi connectivity index (χ3n) is 4.80. The number of aliphatic hydroxyl groups is 1. The predicted molar refractivity (Wildman–Crippen MR) is 93.8 cm³/mol. The van der Waals surface area contributed by atoms with E-state index in [1.165, 1.54) is 37.7 Å². The number of pyridine rings is 1. The number of carbonyl (C=O) groups excluding carboxylic acids is 1. The van der Waals surface area contributed by atoms with Crippen LogP contribution in [0.5, 0.6) is 0 Å². The maximum atomic E-state index is 12.2. The van der Waals surface area contributed by atoms with Gasteiger partial charge in [0, 0.05) is 24.5 Å². The van der Waals surface area contributed by atoms with Gasteiger partial charge in [0.25, 0.3) is 5.91 Å². The van der Waals surface area contributed by atoms with Crippen molar-refractivity contribution >= 4 is 5.91 Å². The van der Waals surface area contributed by atoms with E-state index in [4.69, 9.17) is 0 Å². The predicted octanol–water partition coefficient (Wildman–Crippen LogP) is 3.59. The molecule has 2 aromatic rings. The van der Waals surface area contributed by atoms with Crippen LogP contribution >= 0.6 is 0 Å². The van der Waals surface area contributed by atoms with Gasteiger partial charge in [0.15, 0.2) is 0 Å². The summed E-state index contributed by atoms with van der Waals surface area (Å²) in [6.45, 7) is 0.188. The van der Waals surface area contributed by atoms with Crippen molar-refractivity contribution < 1.29 is 9.90 Å². The average Bonchev–Trinajstić information content (AvgIpc) is 2.67. The number of nitrogens with zero attached hydrogens (tertiary/aromatic N) is 1. The minimum atomic E-state index is -0.724. The minimum absolute atomic E-state index is 0.154. The van der Waals surface area contributed by atoms with Crippen molar-refractivity contribution in [3.8, 4) is 0 Å². The summed E-state index contributed by atoms with van der Waals surface area (Å²) in [5.74, 6) is 0.489. The Morgan fingerprint density at radius 3 is 2.42 bits per heavy atom. The van der Waals surface area contributed by atoms with Crippen molar-refractivity contribution in [2.45, 2.75) is 44.1 Å². The van der Waals surface area contributed by atoms with Gasteiger partial charge >= 0.3 is 0 Å². The molecule has 126 valence electrons. The Bertz CT molecular complexity index is 649. The quantitative estimate of drug-likeness (QED) is 0.883. The van der Waals surface area contributed by atoms with Crippen molar-refractivity contribution in [3.05, 3.63) is 65.5 Å². The summed E-state index contributed by atoms with van der Waals surface area (Å²) in [6.07, 6.45) is 9.00. The van der Waals surface area contributed by atoms with E-state index in [0.717, 1.165) is 5.56 Å². The van der Waals surface area contributed by atoms with Crippen molar-refractivity contribution in [1.82, 2.24) is 10.3 Å². The summed E-state index contributed by atoms with van der Waals surface area (Å²) < 4.78 is 0. The maximum absolute atomic E-state index is 12.2. The normalized spacial score (nSPS) is 16.5. The number of rotatable bonds is 5. The van der Waals surface area contributed by atoms with Gasteiger partial charge in [-0.15, -0.1) is 0 Å². The molecule has 1 heterocycles. The molecule has 0 spiro atoms. The molecule has 4 heteroatoms. The molecule has 1 aromatic heterocycles. The minimum Gasteiger partial charge on any atom is -0.387 e. The Morgan fingerprint density at radius 1 is 1.08 bits per heavy atom. The highest BCUT2D eigenvalue weighted by Gasteiger charge is 2.16. The SMILES string of the molecule is O=C(NC[C@H](O)c1ccncc1)c1ccc(C2CCCCC2)cc1. The van der Waals surface area contributed by atoms with Crippen molar-refractivity contribution in [3.63, 3.8) is 0 Å². The molecule has 1 amide bonds. The lowest BCUT2D eigenvalue weighted by Gasteiger charge is -2.22. The smallest absolute Gasteiger partial charge is 0.251 e. The van der Waals surface area contributed by atoms with Gasteiger partial charge in [-0.25, -0.2) is 0 Å². The number of carbonyl (C=O) groups is 1. The van der Waals surface area contributed by atoms with Gasteiger partial charge in [0.05, 0.1) is 6.10 Å². The average molecular weight is 324 g/mol. The van der Waals surface area contributed by atoms with E-state index < -0.39 is 6.10 Å². The van der Waals surface area contributed by atoms with Crippen LogP contribution in [0, 0.1) is 0 Å². The second kappa shape index (κ2) is 8.06. The fourth-order valence-electron chi connectivity index (χ4n) is 3.34. The van der Waals surface area contributed by atoms with E-state index in [-0.39, 0.29) is 12.5 Å². The highest BCUT2D eigenvalue weighted by Crippen LogP contribution is 2.32. The first-order chi connectivity index (χ1) is 11.7. The first kappa shape index (κ1) is 16.7. The summed E-state index contributed by atoms with van der Waals surface area (Å²) in [5.41, 5.74) is 2.72. The summed E-state index contributed by atoms with van der Waals surface area (Å²) in [5, 5.41) is 12.9. The zero-order chi connectivity index (χ0) is 16.8. The molecule has 1 fully saturated rings. The number of amides is 1. The van der Waals surface area contributed by atoms with Crippen LogP contribution in [0.1, 0.15) is 65.6 Å². The Hall–Kier alpha value is -2.20. The van der Waals surface area contributed by atoms with Crippen LogP contribution in [0.25, 0.3) is 0 Å². The Kier molecular flexibility index (Phi) is 5.59. The maximum Gasteiger partial charge on any atom is 0.251 e. The van der Waals surface area contributed by atoms with Gasteiger partial charge in [-0.05, 0) is 54.2 Å². The molecule has 0 radical (unpaired) electrons. The summed E-state index contributed by atoms with van der Waals surface area (Å²) in [4.78, 5) is 16.2. The molecule has 1 saturated carbocycles. The zero-order valence-corrected chi connectivity index (χ0v) is 13.8. The Morgan fingerprint density at radius 2 is 1.75 bits per heavy atom. The van der Waals surface area contributed by atoms with Gasteiger partial charge in [0.2, 0.25) is 0 Å². The van der Waals surface area contributed by atoms with Crippen LogP contribution in [-0.2, 0) is 0 Å². The number of nitrogens with one attached hydrogen (secondary N) is 1. The first-order valence-electron chi connectivity index (χ1n) is 8.70. The fourth-order valence-corrected chi connectivity index (χ4v) is 3.34. The second-order valence-corrected chi connectivity index (χ2v) is 6.46. The third-order valence-corrected chi connectivity index (χ3v) is 4.80. The van der Waals surface area contributed by atoms with Gasteiger partial charge in [-0.2, -0.15) is 0 Å². The molecule has 1 aromatic carbocycles. The van der Waals surface area contributed by atoms with Crippen LogP contribution in [0.4, 0.5) is 0 Å². The number of aromatic nitrogens is 1. The van der Waals surface area contributed by atoms with Gasteiger partial charge < -0.3 is 10.4 Å². The van der Waals surface area contributed by atoms with Gasteiger partial charge in [-0.3, -0.25) is 9.78 Å². The molecular weight excluding hydrogens is 300 g/mol. The second-order valence-electron chi connectivity index (χ2n) is 6.46. The monoisotopic (exact) mass is 324 g/mol. The molecule has 2 N–H and O–H groups in total. The molecule has 0 saturated heterocycles. The molecule has 0 bridgehead atoms. The number of aliphatic hydroxyl groups excluding tert-OH is 1. The zero-order valence-electron chi connectivity index (χ0n) is 13.8. The number of benzene rings is 1. The lowest BCUT2D eigenvalue weighted by molar-refractivity contribution is 0.0916. The molecule has 0 unspecified atom stereocenters. The largest absolute Gasteiger partial charge is 0.387 e. The van der Waals surface area contributed by atoms with E-state index in [1.807, 2.05) is 12.1 Å². The first-order valence-corrected chi connectivity index (χ1v) is 8.70. The lowest BCUT2D eigenvalue weighted by Crippen LogP contribution is -2.28. The van der Waals surface area contributed by atoms with Gasteiger partial charge in [-0.1, -0.05) is 31.4 Å². The molecule has 1 atom stereocenters. The van der Waals surface area contributed by atoms with Crippen LogP contribution in [0.2, 0.25) is 0 Å². The Labute approximate surface area is 142 Å². The molecule has 1 aliphatic rings. The van der Waals surface area contributed by atoms with E-state index in [1.54, 1.807) is 24.5 Å². The van der Waals surface area contributed by atoms with Crippen molar-refractivity contribution in [2.24, 2.45) is 0 Å². The van der Waals surface area contributed by atoms with Crippen LogP contribution in [0.3, 0.4) is 0 Å². The molecule has 24 heavy (non-hydrogen) atoms. The highest BCUT2D eigenvalue weighted by molar-refractivity contribution is 5.94. The fraction of sp³-hybridized carbons (Fsp3) is 0.400. The van der Waals surface area contributed by atoms with Crippen LogP contribution in [0.15, 0.2) is 48.8 Å². The summed E-state index contributed by atoms with van der Waals surface area (Å²) >= 11 is 0. The highest BCUT2D eigenvalue weighted by atomic mass is 16.3. The summed E-state index contributed by atoms with van der Waals surface area (Å²) in [7, 11) is 0.